The third-order valence-electron chi connectivity index (χ3n) is 3.16. The Kier molecular flexibility index (Phi) is 2.52. The van der Waals surface area contributed by atoms with Crippen molar-refractivity contribution in [2.24, 2.45) is 5.92 Å². The van der Waals surface area contributed by atoms with Crippen LogP contribution in [0.2, 0.25) is 0 Å². The molecule has 0 aliphatic carbocycles. The van der Waals surface area contributed by atoms with Crippen molar-refractivity contribution in [2.45, 2.75) is 43.5 Å². The molecule has 2 fully saturated rings. The number of carbonyl (C=O) groups is 1. The monoisotopic (exact) mass is 216 g/mol. The van der Waals surface area contributed by atoms with Crippen molar-refractivity contribution in [3.8, 4) is 0 Å². The molecule has 80 valence electrons. The summed E-state index contributed by atoms with van der Waals surface area (Å²) in [5.41, 5.74) is -0.00974. The Morgan fingerprint density at radius 1 is 1.64 bits per heavy atom. The predicted molar refractivity (Wildman–Crippen MR) is 55.1 cm³/mol. The van der Waals surface area contributed by atoms with Gasteiger partial charge in [-0.1, -0.05) is 6.92 Å². The van der Waals surface area contributed by atoms with E-state index in [1.807, 2.05) is 0 Å². The molecular weight excluding hydrogens is 200 g/mol. The third-order valence-corrected chi connectivity index (χ3v) is 4.82. The molecule has 3 nitrogen and oxygen atoms in total. The van der Waals surface area contributed by atoms with E-state index in [1.165, 1.54) is 6.92 Å². The van der Waals surface area contributed by atoms with Crippen LogP contribution in [0.4, 0.5) is 0 Å². The van der Waals surface area contributed by atoms with Crippen LogP contribution in [0.25, 0.3) is 0 Å². The van der Waals surface area contributed by atoms with E-state index in [0.29, 0.717) is 11.2 Å². The van der Waals surface area contributed by atoms with Crippen molar-refractivity contribution in [3.05, 3.63) is 0 Å². The molecular formula is C10H16O3S. The van der Waals surface area contributed by atoms with Gasteiger partial charge in [0.2, 0.25) is 0 Å². The molecule has 0 amide bonds. The second-order valence-electron chi connectivity index (χ2n) is 4.34. The van der Waals surface area contributed by atoms with Gasteiger partial charge in [0, 0.05) is 18.1 Å². The fraction of sp³-hybridized carbons (Fsp3) is 0.900. The van der Waals surface area contributed by atoms with E-state index in [9.17, 15) is 4.79 Å². The van der Waals surface area contributed by atoms with Crippen molar-refractivity contribution in [1.29, 1.82) is 0 Å². The Balaban J connectivity index is 2.07. The maximum Gasteiger partial charge on any atom is 0.303 e. The van der Waals surface area contributed by atoms with Crippen LogP contribution in [0.1, 0.15) is 27.2 Å². The maximum absolute atomic E-state index is 10.9. The highest BCUT2D eigenvalue weighted by atomic mass is 32.2. The first kappa shape index (κ1) is 10.3. The van der Waals surface area contributed by atoms with Gasteiger partial charge in [-0.2, -0.15) is 0 Å². The standard InChI is InChI=1S/C10H16O3S/c1-6-10(3)4-8(5-12-10)9(14-6)13-7(2)11/h6,8-9H,4-5H2,1-3H3/t6?,8-,9?,10-/m1/s1. The number of esters is 1. The van der Waals surface area contributed by atoms with Gasteiger partial charge in [-0.05, 0) is 13.3 Å². The molecule has 2 saturated heterocycles. The van der Waals surface area contributed by atoms with E-state index in [2.05, 4.69) is 13.8 Å². The molecule has 2 bridgehead atoms. The summed E-state index contributed by atoms with van der Waals surface area (Å²) < 4.78 is 11.1. The first-order valence-corrected chi connectivity index (χ1v) is 5.92. The van der Waals surface area contributed by atoms with Crippen LogP contribution in [-0.2, 0) is 14.3 Å². The summed E-state index contributed by atoms with van der Waals surface area (Å²) in [7, 11) is 0. The number of carbonyl (C=O) groups excluding carboxylic acids is 1. The molecule has 0 aromatic carbocycles. The quantitative estimate of drug-likeness (QED) is 0.626. The van der Waals surface area contributed by atoms with E-state index in [1.54, 1.807) is 11.8 Å². The van der Waals surface area contributed by atoms with Gasteiger partial charge in [-0.15, -0.1) is 11.8 Å². The zero-order chi connectivity index (χ0) is 10.3. The molecule has 2 aliphatic heterocycles. The van der Waals surface area contributed by atoms with Crippen LogP contribution in [0, 0.1) is 5.92 Å². The smallest absolute Gasteiger partial charge is 0.303 e. The molecule has 2 unspecified atom stereocenters. The topological polar surface area (TPSA) is 35.5 Å². The fourth-order valence-electron chi connectivity index (χ4n) is 2.14. The van der Waals surface area contributed by atoms with Crippen LogP contribution >= 0.6 is 11.8 Å². The van der Waals surface area contributed by atoms with Crippen molar-refractivity contribution < 1.29 is 14.3 Å². The number of rotatable bonds is 1. The van der Waals surface area contributed by atoms with Crippen molar-refractivity contribution in [3.63, 3.8) is 0 Å². The zero-order valence-electron chi connectivity index (χ0n) is 8.78. The minimum Gasteiger partial charge on any atom is -0.451 e. The van der Waals surface area contributed by atoms with Gasteiger partial charge in [-0.3, -0.25) is 4.79 Å². The van der Waals surface area contributed by atoms with Crippen LogP contribution in [0.5, 0.6) is 0 Å². The predicted octanol–water partition coefficient (Wildman–Crippen LogP) is 1.81. The van der Waals surface area contributed by atoms with Gasteiger partial charge in [0.05, 0.1) is 12.2 Å². The van der Waals surface area contributed by atoms with E-state index in [0.717, 1.165) is 13.0 Å². The Morgan fingerprint density at radius 3 is 3.00 bits per heavy atom. The molecule has 0 saturated carbocycles. The first-order chi connectivity index (χ1) is 6.51. The molecule has 2 heterocycles. The van der Waals surface area contributed by atoms with Crippen molar-refractivity contribution >= 4 is 17.7 Å². The lowest BCUT2D eigenvalue weighted by Gasteiger charge is -2.37. The largest absolute Gasteiger partial charge is 0.451 e. The first-order valence-electron chi connectivity index (χ1n) is 4.98. The lowest BCUT2D eigenvalue weighted by molar-refractivity contribution is -0.144. The normalized spacial score (nSPS) is 46.4. The molecule has 4 atom stereocenters. The Hall–Kier alpha value is -0.220. The van der Waals surface area contributed by atoms with E-state index >= 15 is 0 Å². The summed E-state index contributed by atoms with van der Waals surface area (Å²) in [5.74, 6) is 0.190. The van der Waals surface area contributed by atoms with E-state index in [4.69, 9.17) is 9.47 Å². The number of thioether (sulfide) groups is 1. The lowest BCUT2D eigenvalue weighted by atomic mass is 9.93. The molecule has 14 heavy (non-hydrogen) atoms. The van der Waals surface area contributed by atoms with Crippen molar-refractivity contribution in [2.75, 3.05) is 6.61 Å². The van der Waals surface area contributed by atoms with E-state index < -0.39 is 0 Å². The minimum atomic E-state index is -0.190. The molecule has 0 aromatic rings. The number of fused-ring (bicyclic) bond motifs is 2. The SMILES string of the molecule is CC(=O)OC1SC(C)[C@@]2(C)C[C@@H]1CO2. The number of ether oxygens (including phenoxy) is 2. The van der Waals surface area contributed by atoms with E-state index in [-0.39, 0.29) is 17.0 Å². The highest BCUT2D eigenvalue weighted by Gasteiger charge is 2.50. The Bertz CT molecular complexity index is 256. The molecule has 4 heteroatoms. The van der Waals surface area contributed by atoms with Crippen LogP contribution in [0.3, 0.4) is 0 Å². The van der Waals surface area contributed by atoms with Gasteiger partial charge in [0.1, 0.15) is 0 Å². The van der Waals surface area contributed by atoms with Crippen LogP contribution in [-0.4, -0.2) is 28.9 Å². The molecule has 0 radical (unpaired) electrons. The van der Waals surface area contributed by atoms with Crippen molar-refractivity contribution in [1.82, 2.24) is 0 Å². The number of hydrogen-bond acceptors (Lipinski definition) is 4. The van der Waals surface area contributed by atoms with Gasteiger partial charge >= 0.3 is 5.97 Å². The molecule has 2 aliphatic rings. The van der Waals surface area contributed by atoms with Gasteiger partial charge in [-0.25, -0.2) is 0 Å². The summed E-state index contributed by atoms with van der Waals surface area (Å²) in [6.45, 7) is 6.48. The van der Waals surface area contributed by atoms with Gasteiger partial charge < -0.3 is 9.47 Å². The molecule has 0 aromatic heterocycles. The summed E-state index contributed by atoms with van der Waals surface area (Å²) in [4.78, 5) is 10.9. The maximum atomic E-state index is 10.9. The minimum absolute atomic E-state index is 0.00178. The summed E-state index contributed by atoms with van der Waals surface area (Å²) in [5, 5.41) is 0.394. The molecule has 0 N–H and O–H groups in total. The zero-order valence-corrected chi connectivity index (χ0v) is 9.60. The second-order valence-corrected chi connectivity index (χ2v) is 5.79. The van der Waals surface area contributed by atoms with Gasteiger partial charge in [0.15, 0.2) is 5.44 Å². The third kappa shape index (κ3) is 1.65. The summed E-state index contributed by atoms with van der Waals surface area (Å²) in [6.07, 6.45) is 1.01. The second kappa shape index (κ2) is 3.42. The van der Waals surface area contributed by atoms with Crippen LogP contribution in [0.15, 0.2) is 0 Å². The molecule has 2 rings (SSSR count). The fourth-order valence-corrected chi connectivity index (χ4v) is 3.58. The Morgan fingerprint density at radius 2 is 2.36 bits per heavy atom. The highest BCUT2D eigenvalue weighted by molar-refractivity contribution is 8.00. The highest BCUT2D eigenvalue weighted by Crippen LogP contribution is 2.49. The number of hydrogen-bond donors (Lipinski definition) is 0. The average Bonchev–Trinajstić information content (AvgIpc) is 2.42. The van der Waals surface area contributed by atoms with Gasteiger partial charge in [0.25, 0.3) is 0 Å². The summed E-state index contributed by atoms with van der Waals surface area (Å²) in [6, 6.07) is 0. The summed E-state index contributed by atoms with van der Waals surface area (Å²) >= 11 is 1.72. The lowest BCUT2D eigenvalue weighted by Crippen LogP contribution is -2.41. The average molecular weight is 216 g/mol. The van der Waals surface area contributed by atoms with Crippen LogP contribution < -0.4 is 0 Å². The molecule has 0 spiro atoms. The Labute approximate surface area is 88.5 Å².